The van der Waals surface area contributed by atoms with E-state index in [1.54, 1.807) is 34.1 Å². The van der Waals surface area contributed by atoms with Crippen LogP contribution in [0.5, 0.6) is 0 Å². The first-order valence-corrected chi connectivity index (χ1v) is 9.11. The number of hydrogen-bond acceptors (Lipinski definition) is 4. The van der Waals surface area contributed by atoms with E-state index in [0.717, 1.165) is 5.69 Å². The molecule has 7 heteroatoms. The monoisotopic (exact) mass is 380 g/mol. The Morgan fingerprint density at radius 2 is 1.96 bits per heavy atom. The number of esters is 1. The lowest BCUT2D eigenvalue weighted by atomic mass is 10.1. The zero-order valence-electron chi connectivity index (χ0n) is 15.4. The quantitative estimate of drug-likeness (QED) is 0.682. The van der Waals surface area contributed by atoms with E-state index in [0.29, 0.717) is 24.7 Å². The number of hydrogen-bond donors (Lipinski definition) is 0. The van der Waals surface area contributed by atoms with Crippen LogP contribution in [0.3, 0.4) is 0 Å². The number of anilines is 1. The Morgan fingerprint density at radius 1 is 1.31 bits per heavy atom. The van der Waals surface area contributed by atoms with Crippen molar-refractivity contribution in [3.63, 3.8) is 0 Å². The summed E-state index contributed by atoms with van der Waals surface area (Å²) >= 11 is 5.89. The molecule has 6 nitrogen and oxygen atoms in total. The van der Waals surface area contributed by atoms with Crippen molar-refractivity contribution in [1.29, 1.82) is 0 Å². The fourth-order valence-electron chi connectivity index (χ4n) is 3.06. The summed E-state index contributed by atoms with van der Waals surface area (Å²) in [5.74, 6) is -0.664. The largest absolute Gasteiger partial charge is 0.469 e. The molecule has 0 radical (unpaired) electrons. The lowest BCUT2D eigenvalue weighted by molar-refractivity contribution is -0.142. The van der Waals surface area contributed by atoms with Gasteiger partial charge in [0.15, 0.2) is 0 Å². The number of rotatable bonds is 7. The predicted molar refractivity (Wildman–Crippen MR) is 100.0 cm³/mol. The summed E-state index contributed by atoms with van der Waals surface area (Å²) < 4.78 is 4.66. The van der Waals surface area contributed by atoms with Gasteiger partial charge in [-0.05, 0) is 30.2 Å². The molecule has 1 saturated heterocycles. The summed E-state index contributed by atoms with van der Waals surface area (Å²) in [6.07, 6.45) is 0.324. The summed E-state index contributed by atoms with van der Waals surface area (Å²) in [5.41, 5.74) is 0.736. The second-order valence-electron chi connectivity index (χ2n) is 6.89. The average Bonchev–Trinajstić information content (AvgIpc) is 2.99. The molecule has 1 atom stereocenters. The highest BCUT2D eigenvalue weighted by atomic mass is 35.5. The van der Waals surface area contributed by atoms with Gasteiger partial charge in [0.1, 0.15) is 0 Å². The zero-order chi connectivity index (χ0) is 19.3. The van der Waals surface area contributed by atoms with Crippen molar-refractivity contribution in [3.05, 3.63) is 29.3 Å². The second kappa shape index (κ2) is 9.03. The molecule has 26 heavy (non-hydrogen) atoms. The molecule has 2 amide bonds. The van der Waals surface area contributed by atoms with Crippen LogP contribution in [-0.2, 0) is 19.1 Å². The van der Waals surface area contributed by atoms with E-state index in [1.807, 2.05) is 13.8 Å². The number of methoxy groups -OCH3 is 1. The molecule has 0 aliphatic carbocycles. The maximum absolute atomic E-state index is 12.9. The van der Waals surface area contributed by atoms with E-state index in [2.05, 4.69) is 4.74 Å². The number of halogens is 1. The van der Waals surface area contributed by atoms with Crippen molar-refractivity contribution in [3.8, 4) is 0 Å². The molecule has 2 rings (SSSR count). The SMILES string of the molecule is COC(=O)CCN(CC(C)C)C(=O)C1CC(=O)N(c2ccc(Cl)cc2)C1. The second-order valence-corrected chi connectivity index (χ2v) is 7.32. The molecule has 0 N–H and O–H groups in total. The zero-order valence-corrected chi connectivity index (χ0v) is 16.2. The van der Waals surface area contributed by atoms with Gasteiger partial charge in [-0.3, -0.25) is 14.4 Å². The van der Waals surface area contributed by atoms with Crippen molar-refractivity contribution in [2.75, 3.05) is 31.6 Å². The van der Waals surface area contributed by atoms with Crippen LogP contribution in [0.2, 0.25) is 5.02 Å². The van der Waals surface area contributed by atoms with Gasteiger partial charge in [0.2, 0.25) is 11.8 Å². The molecular formula is C19H25ClN2O4. The van der Waals surface area contributed by atoms with Crippen molar-refractivity contribution < 1.29 is 19.1 Å². The third-order valence-electron chi connectivity index (χ3n) is 4.32. The fraction of sp³-hybridized carbons (Fsp3) is 0.526. The molecule has 0 spiro atoms. The highest BCUT2D eigenvalue weighted by Gasteiger charge is 2.37. The number of carbonyl (C=O) groups is 3. The first kappa shape index (κ1) is 20.2. The molecule has 1 fully saturated rings. The van der Waals surface area contributed by atoms with Crippen LogP contribution >= 0.6 is 11.6 Å². The molecule has 0 bridgehead atoms. The van der Waals surface area contributed by atoms with Crippen LogP contribution in [-0.4, -0.2) is 49.4 Å². The lowest BCUT2D eigenvalue weighted by Crippen LogP contribution is -2.40. The third-order valence-corrected chi connectivity index (χ3v) is 4.58. The molecule has 1 aromatic rings. The molecule has 0 aromatic heterocycles. The van der Waals surface area contributed by atoms with E-state index >= 15 is 0 Å². The fourth-order valence-corrected chi connectivity index (χ4v) is 3.19. The maximum atomic E-state index is 12.9. The van der Waals surface area contributed by atoms with Gasteiger partial charge in [0.25, 0.3) is 0 Å². The van der Waals surface area contributed by atoms with E-state index in [1.165, 1.54) is 7.11 Å². The molecule has 142 valence electrons. The topological polar surface area (TPSA) is 66.9 Å². The van der Waals surface area contributed by atoms with Gasteiger partial charge in [-0.15, -0.1) is 0 Å². The van der Waals surface area contributed by atoms with Gasteiger partial charge < -0.3 is 14.5 Å². The number of benzene rings is 1. The molecular weight excluding hydrogens is 356 g/mol. The Bertz CT molecular complexity index is 660. The standard InChI is InChI=1S/C19H25ClN2O4/c1-13(2)11-21(9-8-18(24)26-3)19(25)14-10-17(23)22(12-14)16-6-4-15(20)5-7-16/h4-7,13-14H,8-12H2,1-3H3. The van der Waals surface area contributed by atoms with Crippen molar-refractivity contribution in [2.45, 2.75) is 26.7 Å². The summed E-state index contributed by atoms with van der Waals surface area (Å²) in [6, 6.07) is 6.99. The first-order chi connectivity index (χ1) is 12.3. The third kappa shape index (κ3) is 5.21. The van der Waals surface area contributed by atoms with Gasteiger partial charge in [0.05, 0.1) is 19.4 Å². The number of ether oxygens (including phenoxy) is 1. The summed E-state index contributed by atoms with van der Waals surface area (Å²) in [4.78, 5) is 40.0. The van der Waals surface area contributed by atoms with E-state index < -0.39 is 5.92 Å². The molecule has 1 heterocycles. The highest BCUT2D eigenvalue weighted by molar-refractivity contribution is 6.30. The number of nitrogens with zero attached hydrogens (tertiary/aromatic N) is 2. The Morgan fingerprint density at radius 3 is 2.54 bits per heavy atom. The minimum atomic E-state index is -0.408. The molecule has 1 aliphatic rings. The van der Waals surface area contributed by atoms with E-state index in [-0.39, 0.29) is 36.5 Å². The summed E-state index contributed by atoms with van der Waals surface area (Å²) in [5, 5.41) is 0.596. The summed E-state index contributed by atoms with van der Waals surface area (Å²) in [6.45, 7) is 5.21. The number of carbonyl (C=O) groups excluding carboxylic acids is 3. The minimum Gasteiger partial charge on any atom is -0.469 e. The number of amides is 2. The molecule has 0 saturated carbocycles. The van der Waals surface area contributed by atoms with Crippen LogP contribution in [0.25, 0.3) is 0 Å². The van der Waals surface area contributed by atoms with Crippen molar-refractivity contribution in [2.24, 2.45) is 11.8 Å². The summed E-state index contributed by atoms with van der Waals surface area (Å²) in [7, 11) is 1.33. The molecule has 1 unspecified atom stereocenters. The Labute approximate surface area is 159 Å². The van der Waals surface area contributed by atoms with Gasteiger partial charge in [0, 0.05) is 36.8 Å². The molecule has 1 aromatic carbocycles. The normalized spacial score (nSPS) is 16.9. The minimum absolute atomic E-state index is 0.0804. The van der Waals surface area contributed by atoms with Crippen LogP contribution in [0.1, 0.15) is 26.7 Å². The Kier molecular flexibility index (Phi) is 7.03. The van der Waals surface area contributed by atoms with Crippen LogP contribution in [0.15, 0.2) is 24.3 Å². The Balaban J connectivity index is 2.07. The van der Waals surface area contributed by atoms with Gasteiger partial charge in [-0.1, -0.05) is 25.4 Å². The van der Waals surface area contributed by atoms with Gasteiger partial charge >= 0.3 is 5.97 Å². The van der Waals surface area contributed by atoms with Gasteiger partial charge in [-0.2, -0.15) is 0 Å². The Hall–Kier alpha value is -2.08. The average molecular weight is 381 g/mol. The van der Waals surface area contributed by atoms with Crippen LogP contribution in [0.4, 0.5) is 5.69 Å². The van der Waals surface area contributed by atoms with Crippen molar-refractivity contribution >= 4 is 35.1 Å². The van der Waals surface area contributed by atoms with Crippen molar-refractivity contribution in [1.82, 2.24) is 4.90 Å². The smallest absolute Gasteiger partial charge is 0.307 e. The van der Waals surface area contributed by atoms with E-state index in [9.17, 15) is 14.4 Å². The first-order valence-electron chi connectivity index (χ1n) is 8.73. The van der Waals surface area contributed by atoms with Gasteiger partial charge in [-0.25, -0.2) is 0 Å². The molecule has 1 aliphatic heterocycles. The predicted octanol–water partition coefficient (Wildman–Crippen LogP) is 2.74. The lowest BCUT2D eigenvalue weighted by Gasteiger charge is -2.27. The van der Waals surface area contributed by atoms with Crippen LogP contribution in [0, 0.1) is 11.8 Å². The van der Waals surface area contributed by atoms with E-state index in [4.69, 9.17) is 11.6 Å². The van der Waals surface area contributed by atoms with Crippen LogP contribution < -0.4 is 4.90 Å². The maximum Gasteiger partial charge on any atom is 0.307 e. The highest BCUT2D eigenvalue weighted by Crippen LogP contribution is 2.27.